The molecule has 1 rings (SSSR count). The Kier molecular flexibility index (Phi) is 4.65. The van der Waals surface area contributed by atoms with Gasteiger partial charge in [0.1, 0.15) is 0 Å². The lowest BCUT2D eigenvalue weighted by Gasteiger charge is -2.24. The van der Waals surface area contributed by atoms with E-state index in [1.807, 2.05) is 13.8 Å². The Balaban J connectivity index is 2.75. The highest BCUT2D eigenvalue weighted by Crippen LogP contribution is 2.39. The summed E-state index contributed by atoms with van der Waals surface area (Å²) in [6.07, 6.45) is 0.770. The van der Waals surface area contributed by atoms with Crippen LogP contribution in [0.3, 0.4) is 0 Å². The summed E-state index contributed by atoms with van der Waals surface area (Å²) in [6, 6.07) is 0. The quantitative estimate of drug-likeness (QED) is 0.692. The zero-order chi connectivity index (χ0) is 13.1. The minimum Gasteiger partial charge on any atom is -0.389 e. The molecule has 5 nitrogen and oxygen atoms in total. The number of hydrogen-bond acceptors (Lipinski definition) is 4. The summed E-state index contributed by atoms with van der Waals surface area (Å²) in [7, 11) is 1.47. The zero-order valence-corrected chi connectivity index (χ0v) is 10.7. The number of likely N-dealkylation sites (tertiary alicyclic amines) is 1. The number of ether oxygens (including phenoxy) is 1. The van der Waals surface area contributed by atoms with E-state index in [9.17, 15) is 14.7 Å². The van der Waals surface area contributed by atoms with Gasteiger partial charge in [-0.05, 0) is 12.8 Å². The van der Waals surface area contributed by atoms with Crippen molar-refractivity contribution in [1.82, 2.24) is 4.90 Å². The fourth-order valence-electron chi connectivity index (χ4n) is 2.30. The van der Waals surface area contributed by atoms with Gasteiger partial charge in [-0.3, -0.25) is 14.5 Å². The number of β-amino-alcohol motifs (C(OH)–C–C–N with tert-alkyl or cyclic N) is 1. The van der Waals surface area contributed by atoms with Gasteiger partial charge in [0.15, 0.2) is 0 Å². The van der Waals surface area contributed by atoms with E-state index in [4.69, 9.17) is 4.74 Å². The molecule has 0 saturated carbocycles. The van der Waals surface area contributed by atoms with Crippen molar-refractivity contribution in [1.29, 1.82) is 0 Å². The summed E-state index contributed by atoms with van der Waals surface area (Å²) < 4.78 is 4.79. The maximum Gasteiger partial charge on any atom is 0.235 e. The van der Waals surface area contributed by atoms with Crippen LogP contribution in [-0.2, 0) is 14.3 Å². The summed E-state index contributed by atoms with van der Waals surface area (Å²) in [5.41, 5.74) is -0.552. The van der Waals surface area contributed by atoms with E-state index in [0.29, 0.717) is 12.8 Å². The number of carbonyl (C=O) groups excluding carboxylic acids is 2. The Labute approximate surface area is 102 Å². The van der Waals surface area contributed by atoms with Crippen LogP contribution >= 0.6 is 0 Å². The molecule has 1 atom stereocenters. The molecule has 0 aromatic rings. The second-order valence-electron chi connectivity index (χ2n) is 4.58. The molecule has 2 amide bonds. The van der Waals surface area contributed by atoms with Crippen LogP contribution in [0.2, 0.25) is 0 Å². The predicted octanol–water partition coefficient (Wildman–Crippen LogP) is 0.559. The molecule has 1 aliphatic heterocycles. The number of imide groups is 1. The monoisotopic (exact) mass is 243 g/mol. The number of carbonyl (C=O) groups is 2. The Morgan fingerprint density at radius 1 is 1.41 bits per heavy atom. The second kappa shape index (κ2) is 5.60. The summed E-state index contributed by atoms with van der Waals surface area (Å²) in [5, 5.41) is 9.59. The maximum atomic E-state index is 12.2. The molecule has 1 aliphatic rings. The molecule has 0 spiro atoms. The summed E-state index contributed by atoms with van der Waals surface area (Å²) in [6.45, 7) is 4.00. The Morgan fingerprint density at radius 3 is 2.41 bits per heavy atom. The largest absolute Gasteiger partial charge is 0.389 e. The van der Waals surface area contributed by atoms with Gasteiger partial charge in [-0.1, -0.05) is 13.8 Å². The van der Waals surface area contributed by atoms with Gasteiger partial charge in [-0.2, -0.15) is 0 Å². The Hall–Kier alpha value is -0.940. The normalized spacial score (nSPS) is 21.1. The van der Waals surface area contributed by atoms with Crippen molar-refractivity contribution in [3.63, 3.8) is 0 Å². The van der Waals surface area contributed by atoms with E-state index < -0.39 is 11.5 Å². The molecule has 1 saturated heterocycles. The molecule has 1 fully saturated rings. The molecule has 0 aromatic heterocycles. The van der Waals surface area contributed by atoms with Crippen molar-refractivity contribution in [3.05, 3.63) is 0 Å². The molecule has 1 heterocycles. The van der Waals surface area contributed by atoms with Gasteiger partial charge in [0.25, 0.3) is 0 Å². The first-order valence-electron chi connectivity index (χ1n) is 6.02. The van der Waals surface area contributed by atoms with Crippen molar-refractivity contribution >= 4 is 11.8 Å². The van der Waals surface area contributed by atoms with Crippen LogP contribution in [0, 0.1) is 5.41 Å². The number of hydrogen-bond donors (Lipinski definition) is 1. The van der Waals surface area contributed by atoms with E-state index in [2.05, 4.69) is 0 Å². The van der Waals surface area contributed by atoms with E-state index in [0.717, 1.165) is 0 Å². The van der Waals surface area contributed by atoms with E-state index >= 15 is 0 Å². The van der Waals surface area contributed by atoms with Crippen molar-refractivity contribution in [2.24, 2.45) is 5.41 Å². The van der Waals surface area contributed by atoms with Crippen LogP contribution < -0.4 is 0 Å². The summed E-state index contributed by atoms with van der Waals surface area (Å²) in [5.74, 6) is -0.337. The van der Waals surface area contributed by atoms with Gasteiger partial charge < -0.3 is 9.84 Å². The van der Waals surface area contributed by atoms with Gasteiger partial charge in [-0.25, -0.2) is 0 Å². The molecule has 1 N–H and O–H groups in total. The molecule has 0 aromatic carbocycles. The molecular formula is C12H21NO4. The molecule has 17 heavy (non-hydrogen) atoms. The highest BCUT2D eigenvalue weighted by molar-refractivity contribution is 6.05. The highest BCUT2D eigenvalue weighted by atomic mass is 16.5. The Morgan fingerprint density at radius 2 is 2.00 bits per heavy atom. The van der Waals surface area contributed by atoms with Gasteiger partial charge in [0.2, 0.25) is 11.8 Å². The number of nitrogens with zero attached hydrogens (tertiary/aromatic N) is 1. The summed E-state index contributed by atoms with van der Waals surface area (Å²) >= 11 is 0. The van der Waals surface area contributed by atoms with E-state index in [-0.39, 0.29) is 31.4 Å². The van der Waals surface area contributed by atoms with Crippen molar-refractivity contribution in [2.75, 3.05) is 20.3 Å². The standard InChI is InChI=1S/C12H21NO4/c1-4-12(5-2)6-10(15)13(11(12)16)7-9(14)8-17-3/h9,14H,4-8H2,1-3H3. The van der Waals surface area contributed by atoms with Gasteiger partial charge in [-0.15, -0.1) is 0 Å². The third-order valence-electron chi connectivity index (χ3n) is 3.60. The zero-order valence-electron chi connectivity index (χ0n) is 10.7. The number of aliphatic hydroxyl groups excluding tert-OH is 1. The average Bonchev–Trinajstić information content (AvgIpc) is 2.54. The number of aliphatic hydroxyl groups is 1. The van der Waals surface area contributed by atoms with Crippen LogP contribution in [0.5, 0.6) is 0 Å². The topological polar surface area (TPSA) is 66.8 Å². The first kappa shape index (κ1) is 14.1. The first-order chi connectivity index (χ1) is 8.00. The lowest BCUT2D eigenvalue weighted by Crippen LogP contribution is -2.41. The molecule has 1 unspecified atom stereocenters. The van der Waals surface area contributed by atoms with Crippen LogP contribution in [0.4, 0.5) is 0 Å². The van der Waals surface area contributed by atoms with Gasteiger partial charge in [0.05, 0.1) is 24.7 Å². The molecule has 5 heteroatoms. The number of methoxy groups -OCH3 is 1. The van der Waals surface area contributed by atoms with Crippen LogP contribution in [0.15, 0.2) is 0 Å². The second-order valence-corrected chi connectivity index (χ2v) is 4.58. The van der Waals surface area contributed by atoms with Crippen molar-refractivity contribution in [2.45, 2.75) is 39.2 Å². The smallest absolute Gasteiger partial charge is 0.235 e. The van der Waals surface area contributed by atoms with Crippen molar-refractivity contribution in [3.8, 4) is 0 Å². The third kappa shape index (κ3) is 2.66. The Bertz CT molecular complexity index is 299. The van der Waals surface area contributed by atoms with Crippen LogP contribution in [0.1, 0.15) is 33.1 Å². The molecule has 0 aliphatic carbocycles. The predicted molar refractivity (Wildman–Crippen MR) is 62.2 cm³/mol. The SMILES string of the molecule is CCC1(CC)CC(=O)N(CC(O)COC)C1=O. The van der Waals surface area contributed by atoms with E-state index in [1.165, 1.54) is 12.0 Å². The van der Waals surface area contributed by atoms with Crippen molar-refractivity contribution < 1.29 is 19.4 Å². The van der Waals surface area contributed by atoms with Crippen LogP contribution in [0.25, 0.3) is 0 Å². The lowest BCUT2D eigenvalue weighted by molar-refractivity contribution is -0.143. The molecule has 0 bridgehead atoms. The average molecular weight is 243 g/mol. The number of amides is 2. The maximum absolute atomic E-state index is 12.2. The minimum atomic E-state index is -0.808. The molecule has 98 valence electrons. The summed E-state index contributed by atoms with van der Waals surface area (Å²) in [4.78, 5) is 25.2. The first-order valence-corrected chi connectivity index (χ1v) is 6.02. The number of rotatable bonds is 6. The highest BCUT2D eigenvalue weighted by Gasteiger charge is 2.49. The van der Waals surface area contributed by atoms with Gasteiger partial charge >= 0.3 is 0 Å². The molecule has 0 radical (unpaired) electrons. The lowest BCUT2D eigenvalue weighted by atomic mass is 9.81. The third-order valence-corrected chi connectivity index (χ3v) is 3.60. The van der Waals surface area contributed by atoms with Crippen LogP contribution in [-0.4, -0.2) is 48.2 Å². The van der Waals surface area contributed by atoms with Gasteiger partial charge in [0, 0.05) is 13.5 Å². The molecular weight excluding hydrogens is 222 g/mol. The van der Waals surface area contributed by atoms with E-state index in [1.54, 1.807) is 0 Å². The minimum absolute atomic E-state index is 0.0350. The fourth-order valence-corrected chi connectivity index (χ4v) is 2.30. The fraction of sp³-hybridized carbons (Fsp3) is 0.833.